The van der Waals surface area contributed by atoms with Gasteiger partial charge in [-0.15, -0.1) is 11.8 Å². The molecular weight excluding hydrogens is 602 g/mol. The van der Waals surface area contributed by atoms with Crippen molar-refractivity contribution in [2.45, 2.75) is 108 Å². The van der Waals surface area contributed by atoms with Crippen LogP contribution in [0.25, 0.3) is 0 Å². The third kappa shape index (κ3) is 12.4. The molecule has 1 heterocycles. The summed E-state index contributed by atoms with van der Waals surface area (Å²) in [6, 6.07) is 8.13. The molecule has 260 valence electrons. The van der Waals surface area contributed by atoms with Crippen LogP contribution in [0.15, 0.2) is 35.2 Å². The Hall–Kier alpha value is -2.18. The second-order valence-corrected chi connectivity index (χ2v) is 16.2. The number of carbonyl (C=O) groups is 3. The van der Waals surface area contributed by atoms with Gasteiger partial charge in [-0.1, -0.05) is 58.2 Å². The molecule has 10 nitrogen and oxygen atoms in total. The molecular formula is C35H59N5O5S. The van der Waals surface area contributed by atoms with Crippen LogP contribution >= 0.6 is 11.8 Å². The summed E-state index contributed by atoms with van der Waals surface area (Å²) in [5.74, 6) is 0.816. The predicted molar refractivity (Wildman–Crippen MR) is 185 cm³/mol. The van der Waals surface area contributed by atoms with Crippen LogP contribution in [0.5, 0.6) is 0 Å². The SMILES string of the molecule is COCCNCC(=O)NC(C(=O)NC(CSc1ccccc1)C(O)CN1CC2CCCCC2CC1C(=O)NC(C)(C)C)C(C)(C)C. The van der Waals surface area contributed by atoms with Crippen molar-refractivity contribution in [1.82, 2.24) is 26.2 Å². The molecule has 3 amide bonds. The number of rotatable bonds is 15. The fourth-order valence-corrected chi connectivity index (χ4v) is 7.50. The number of piperidine rings is 1. The molecule has 1 aromatic carbocycles. The zero-order valence-electron chi connectivity index (χ0n) is 29.1. The van der Waals surface area contributed by atoms with Crippen LogP contribution in [0.2, 0.25) is 0 Å². The Morgan fingerprint density at radius 2 is 1.70 bits per heavy atom. The molecule has 0 bridgehead atoms. The van der Waals surface area contributed by atoms with Crippen LogP contribution in [0, 0.1) is 17.3 Å². The summed E-state index contributed by atoms with van der Waals surface area (Å²) < 4.78 is 5.03. The van der Waals surface area contributed by atoms with E-state index in [0.717, 1.165) is 30.7 Å². The van der Waals surface area contributed by atoms with Crippen molar-refractivity contribution < 1.29 is 24.2 Å². The molecule has 3 rings (SSSR count). The van der Waals surface area contributed by atoms with Crippen molar-refractivity contribution in [1.29, 1.82) is 0 Å². The van der Waals surface area contributed by atoms with Crippen molar-refractivity contribution in [3.05, 3.63) is 30.3 Å². The lowest BCUT2D eigenvalue weighted by Crippen LogP contribution is -2.62. The Kier molecular flexibility index (Phi) is 14.8. The van der Waals surface area contributed by atoms with Gasteiger partial charge in [0.2, 0.25) is 17.7 Å². The van der Waals surface area contributed by atoms with Gasteiger partial charge in [0.25, 0.3) is 0 Å². The summed E-state index contributed by atoms with van der Waals surface area (Å²) in [7, 11) is 1.60. The number of amides is 3. The predicted octanol–water partition coefficient (Wildman–Crippen LogP) is 3.19. The summed E-state index contributed by atoms with van der Waals surface area (Å²) >= 11 is 1.56. The molecule has 11 heteroatoms. The highest BCUT2D eigenvalue weighted by Gasteiger charge is 2.42. The van der Waals surface area contributed by atoms with Gasteiger partial charge in [-0.2, -0.15) is 0 Å². The molecule has 1 aliphatic carbocycles. The standard InChI is InChI=1S/C35H59N5O5S/c1-34(2,3)31(38-30(42)20-36-17-18-45-7)33(44)37-27(23-46-26-15-9-8-10-16-26)29(41)22-40-21-25-14-12-11-13-24(25)19-28(40)32(43)39-35(4,5)6/h8-10,15-16,24-25,27-29,31,36,41H,11-14,17-23H2,1-7H3,(H,37,44)(H,38,42)(H,39,43). The number of thioether (sulfide) groups is 1. The number of hydrogen-bond donors (Lipinski definition) is 5. The first kappa shape index (κ1) is 38.3. The quantitative estimate of drug-likeness (QED) is 0.143. The van der Waals surface area contributed by atoms with Crippen molar-refractivity contribution in [3.63, 3.8) is 0 Å². The first-order chi connectivity index (χ1) is 21.7. The molecule has 0 radical (unpaired) electrons. The Morgan fingerprint density at radius 3 is 2.33 bits per heavy atom. The molecule has 1 aliphatic heterocycles. The third-order valence-electron chi connectivity index (χ3n) is 8.89. The lowest BCUT2D eigenvalue weighted by Gasteiger charge is -2.47. The van der Waals surface area contributed by atoms with Gasteiger partial charge in [-0.25, -0.2) is 0 Å². The maximum atomic E-state index is 13.9. The van der Waals surface area contributed by atoms with E-state index >= 15 is 0 Å². The van der Waals surface area contributed by atoms with Gasteiger partial charge >= 0.3 is 0 Å². The van der Waals surface area contributed by atoms with Crippen LogP contribution in [0.1, 0.15) is 73.6 Å². The Labute approximate surface area is 280 Å². The van der Waals surface area contributed by atoms with E-state index in [2.05, 4.69) is 26.2 Å². The number of aliphatic hydroxyl groups is 1. The number of aliphatic hydroxyl groups excluding tert-OH is 1. The van der Waals surface area contributed by atoms with Gasteiger partial charge in [-0.3, -0.25) is 19.3 Å². The summed E-state index contributed by atoms with van der Waals surface area (Å²) in [6.45, 7) is 13.8. The summed E-state index contributed by atoms with van der Waals surface area (Å²) in [5.41, 5.74) is -0.938. The van der Waals surface area contributed by atoms with Crippen LogP contribution in [0.3, 0.4) is 0 Å². The molecule has 2 aliphatic rings. The van der Waals surface area contributed by atoms with Crippen LogP contribution in [0.4, 0.5) is 0 Å². The number of benzene rings is 1. The van der Waals surface area contributed by atoms with E-state index in [4.69, 9.17) is 4.74 Å². The second-order valence-electron chi connectivity index (χ2n) is 15.1. The van der Waals surface area contributed by atoms with E-state index in [1.165, 1.54) is 12.8 Å². The van der Waals surface area contributed by atoms with Gasteiger partial charge in [0.15, 0.2) is 0 Å². The number of likely N-dealkylation sites (tertiary alicyclic amines) is 1. The Morgan fingerprint density at radius 1 is 1.02 bits per heavy atom. The number of hydrogen-bond acceptors (Lipinski definition) is 8. The molecule has 0 aromatic heterocycles. The van der Waals surface area contributed by atoms with Crippen LogP contribution in [-0.4, -0.2) is 103 Å². The average molecular weight is 662 g/mol. The van der Waals surface area contributed by atoms with Gasteiger partial charge in [-0.05, 0) is 63.0 Å². The maximum Gasteiger partial charge on any atom is 0.243 e. The highest BCUT2D eigenvalue weighted by Crippen LogP contribution is 2.39. The van der Waals surface area contributed by atoms with E-state index in [1.54, 1.807) is 18.9 Å². The molecule has 0 spiro atoms. The maximum absolute atomic E-state index is 13.9. The minimum atomic E-state index is -0.933. The average Bonchev–Trinajstić information content (AvgIpc) is 2.98. The monoisotopic (exact) mass is 661 g/mol. The number of carbonyl (C=O) groups excluding carboxylic acids is 3. The van der Waals surface area contributed by atoms with E-state index in [1.807, 2.05) is 71.9 Å². The highest BCUT2D eigenvalue weighted by atomic mass is 32.2. The van der Waals surface area contributed by atoms with E-state index in [0.29, 0.717) is 30.7 Å². The van der Waals surface area contributed by atoms with E-state index < -0.39 is 23.6 Å². The normalized spacial score (nSPS) is 22.7. The fraction of sp³-hybridized carbons (Fsp3) is 0.743. The van der Waals surface area contributed by atoms with Gasteiger partial charge in [0.05, 0.1) is 31.3 Å². The van der Waals surface area contributed by atoms with Gasteiger partial charge in [0, 0.05) is 42.9 Å². The number of ether oxygens (including phenoxy) is 1. The molecule has 6 unspecified atom stereocenters. The smallest absolute Gasteiger partial charge is 0.243 e. The first-order valence-electron chi connectivity index (χ1n) is 16.9. The van der Waals surface area contributed by atoms with Crippen molar-refractivity contribution in [2.24, 2.45) is 17.3 Å². The summed E-state index contributed by atoms with van der Waals surface area (Å²) in [5, 5.41) is 24.1. The number of methoxy groups -OCH3 is 1. The number of β-amino-alcohol motifs (C(OH)–C–C–N with tert-alkyl or cyclic N) is 1. The van der Waals surface area contributed by atoms with Gasteiger partial charge in [0.1, 0.15) is 6.04 Å². The van der Waals surface area contributed by atoms with Crippen molar-refractivity contribution in [3.8, 4) is 0 Å². The largest absolute Gasteiger partial charge is 0.390 e. The Bertz CT molecular complexity index is 1110. The molecule has 2 fully saturated rings. The third-order valence-corrected chi connectivity index (χ3v) is 10.0. The fourth-order valence-electron chi connectivity index (χ4n) is 6.48. The topological polar surface area (TPSA) is 132 Å². The lowest BCUT2D eigenvalue weighted by atomic mass is 9.72. The minimum absolute atomic E-state index is 0.00223. The van der Waals surface area contributed by atoms with E-state index in [-0.39, 0.29) is 42.4 Å². The molecule has 6 atom stereocenters. The van der Waals surface area contributed by atoms with Gasteiger partial charge < -0.3 is 31.1 Å². The molecule has 5 N–H and O–H groups in total. The molecule has 46 heavy (non-hydrogen) atoms. The minimum Gasteiger partial charge on any atom is -0.390 e. The number of nitrogens with one attached hydrogen (secondary N) is 4. The molecule has 1 saturated heterocycles. The van der Waals surface area contributed by atoms with Crippen LogP contribution < -0.4 is 21.3 Å². The molecule has 1 aromatic rings. The van der Waals surface area contributed by atoms with Crippen molar-refractivity contribution >= 4 is 29.5 Å². The summed E-state index contributed by atoms with van der Waals surface area (Å²) in [4.78, 5) is 43.4. The highest BCUT2D eigenvalue weighted by molar-refractivity contribution is 7.99. The second kappa shape index (κ2) is 17.8. The number of fused-ring (bicyclic) bond motifs is 1. The zero-order valence-corrected chi connectivity index (χ0v) is 29.9. The first-order valence-corrected chi connectivity index (χ1v) is 17.9. The number of nitrogens with zero attached hydrogens (tertiary/aromatic N) is 1. The Balaban J connectivity index is 1.79. The zero-order chi connectivity index (χ0) is 33.9. The van der Waals surface area contributed by atoms with Crippen molar-refractivity contribution in [2.75, 3.05) is 45.6 Å². The van der Waals surface area contributed by atoms with Crippen LogP contribution in [-0.2, 0) is 19.1 Å². The lowest BCUT2D eigenvalue weighted by molar-refractivity contribution is -0.134. The molecule has 1 saturated carbocycles. The van der Waals surface area contributed by atoms with E-state index in [9.17, 15) is 19.5 Å². The summed E-state index contributed by atoms with van der Waals surface area (Å²) in [6.07, 6.45) is 4.54.